The highest BCUT2D eigenvalue weighted by atomic mass is 16.5. The molecule has 5 aromatic rings. The molecule has 42 heavy (non-hydrogen) atoms. The number of hydrogen-bond acceptors (Lipinski definition) is 8. The van der Waals surface area contributed by atoms with E-state index in [9.17, 15) is 14.4 Å². The van der Waals surface area contributed by atoms with Crippen LogP contribution in [0.15, 0.2) is 101 Å². The maximum absolute atomic E-state index is 13.6. The first kappa shape index (κ1) is 26.6. The first-order chi connectivity index (χ1) is 20.4. The number of benzene rings is 4. The molecule has 8 nitrogen and oxygen atoms in total. The molecule has 0 amide bonds. The van der Waals surface area contributed by atoms with Gasteiger partial charge in [-0.2, -0.15) is 0 Å². The number of allylic oxidation sites excluding steroid dienone is 1. The van der Waals surface area contributed by atoms with Crippen LogP contribution in [-0.4, -0.2) is 31.4 Å². The molecule has 0 aliphatic carbocycles. The molecule has 1 aliphatic heterocycles. The van der Waals surface area contributed by atoms with Gasteiger partial charge in [-0.3, -0.25) is 4.79 Å². The minimum absolute atomic E-state index is 0.106. The monoisotopic (exact) mass is 560 g/mol. The van der Waals surface area contributed by atoms with Crippen LogP contribution in [0.5, 0.6) is 17.2 Å². The lowest BCUT2D eigenvalue weighted by Gasteiger charge is -2.07. The maximum Gasteiger partial charge on any atom is 0.348 e. The fourth-order valence-electron chi connectivity index (χ4n) is 4.70. The number of carbonyl (C=O) groups excluding carboxylic acids is 3. The molecule has 0 bridgehead atoms. The summed E-state index contributed by atoms with van der Waals surface area (Å²) >= 11 is 0. The second-order valence-corrected chi connectivity index (χ2v) is 9.36. The van der Waals surface area contributed by atoms with Gasteiger partial charge in [0.15, 0.2) is 5.76 Å². The van der Waals surface area contributed by atoms with E-state index < -0.39 is 11.9 Å². The molecule has 0 unspecified atom stereocenters. The van der Waals surface area contributed by atoms with E-state index >= 15 is 0 Å². The van der Waals surface area contributed by atoms with Crippen molar-refractivity contribution in [2.24, 2.45) is 0 Å². The fourth-order valence-corrected chi connectivity index (χ4v) is 4.70. The van der Waals surface area contributed by atoms with E-state index in [1.165, 1.54) is 13.2 Å². The van der Waals surface area contributed by atoms with Crippen LogP contribution < -0.4 is 14.2 Å². The highest BCUT2D eigenvalue weighted by molar-refractivity contribution is 6.15. The van der Waals surface area contributed by atoms with Crippen molar-refractivity contribution in [1.82, 2.24) is 0 Å². The molecule has 208 valence electrons. The molecule has 0 saturated carbocycles. The molecular weight excluding hydrogens is 536 g/mol. The molecule has 0 saturated heterocycles. The third kappa shape index (κ3) is 5.01. The summed E-state index contributed by atoms with van der Waals surface area (Å²) in [7, 11) is 1.31. The quantitative estimate of drug-likeness (QED) is 0.118. The number of hydrogen-bond donors (Lipinski definition) is 0. The van der Waals surface area contributed by atoms with E-state index in [1.807, 2.05) is 37.3 Å². The second kappa shape index (κ2) is 11.1. The van der Waals surface area contributed by atoms with Crippen LogP contribution >= 0.6 is 0 Å². The standard InChI is InChI=1S/C34H24O8/c1-3-39-23-14-16-27-26(18-23)30(32(42-27)21-7-5-4-6-8-21)34(37)40-24-13-15-25-28(19-24)41-29(31(25)35)17-20-9-11-22(12-10-20)33(36)38-2/h4-19H,3H2,1-2H3/b29-17-. The van der Waals surface area contributed by atoms with Crippen molar-refractivity contribution in [2.75, 3.05) is 13.7 Å². The molecule has 4 aromatic carbocycles. The van der Waals surface area contributed by atoms with Gasteiger partial charge in [0.2, 0.25) is 5.78 Å². The van der Waals surface area contributed by atoms with Crippen molar-refractivity contribution in [3.8, 4) is 28.6 Å². The minimum atomic E-state index is -0.632. The van der Waals surface area contributed by atoms with E-state index in [0.29, 0.717) is 45.8 Å². The number of furan rings is 1. The number of rotatable bonds is 7. The van der Waals surface area contributed by atoms with Gasteiger partial charge < -0.3 is 23.4 Å². The Morgan fingerprint density at radius 3 is 2.36 bits per heavy atom. The molecule has 0 radical (unpaired) electrons. The molecule has 1 aromatic heterocycles. The van der Waals surface area contributed by atoms with Crippen molar-refractivity contribution in [2.45, 2.75) is 6.92 Å². The van der Waals surface area contributed by atoms with Crippen LogP contribution in [-0.2, 0) is 4.74 Å². The van der Waals surface area contributed by atoms with Crippen LogP contribution in [0.25, 0.3) is 28.4 Å². The second-order valence-electron chi connectivity index (χ2n) is 9.36. The number of esters is 2. The molecule has 2 heterocycles. The predicted octanol–water partition coefficient (Wildman–Crippen LogP) is 7.12. The Bertz CT molecular complexity index is 1860. The van der Waals surface area contributed by atoms with Crippen molar-refractivity contribution >= 4 is 34.8 Å². The summed E-state index contributed by atoms with van der Waals surface area (Å²) in [4.78, 5) is 38.3. The fraction of sp³-hybridized carbons (Fsp3) is 0.0882. The number of Topliss-reactive ketones (excluding diaryl/α,β-unsaturated/α-hetero) is 1. The summed E-state index contributed by atoms with van der Waals surface area (Å²) < 4.78 is 28.1. The van der Waals surface area contributed by atoms with Crippen LogP contribution in [0.2, 0.25) is 0 Å². The average Bonchev–Trinajstić information content (AvgIpc) is 3.54. The third-order valence-electron chi connectivity index (χ3n) is 6.69. The number of methoxy groups -OCH3 is 1. The van der Waals surface area contributed by atoms with E-state index in [-0.39, 0.29) is 28.6 Å². The van der Waals surface area contributed by atoms with Crippen molar-refractivity contribution in [3.63, 3.8) is 0 Å². The van der Waals surface area contributed by atoms with Crippen molar-refractivity contribution < 1.29 is 37.7 Å². The SMILES string of the molecule is CCOc1ccc2oc(-c3ccccc3)c(C(=O)Oc3ccc4c(c3)O/C(=C\c3ccc(C(=O)OC)cc3)C4=O)c2c1. The lowest BCUT2D eigenvalue weighted by atomic mass is 10.1. The van der Waals surface area contributed by atoms with Gasteiger partial charge in [-0.05, 0) is 61.0 Å². The number of fused-ring (bicyclic) bond motifs is 2. The molecule has 0 spiro atoms. The van der Waals surface area contributed by atoms with E-state index in [1.54, 1.807) is 60.7 Å². The predicted molar refractivity (Wildman–Crippen MR) is 155 cm³/mol. The van der Waals surface area contributed by atoms with E-state index in [0.717, 1.165) is 5.56 Å². The average molecular weight is 561 g/mol. The zero-order valence-corrected chi connectivity index (χ0v) is 22.7. The number of ether oxygens (including phenoxy) is 4. The maximum atomic E-state index is 13.6. The Hall–Kier alpha value is -5.63. The van der Waals surface area contributed by atoms with Gasteiger partial charge in [0.05, 0.1) is 24.8 Å². The highest BCUT2D eigenvalue weighted by Crippen LogP contribution is 2.38. The molecule has 8 heteroatoms. The highest BCUT2D eigenvalue weighted by Gasteiger charge is 2.29. The smallest absolute Gasteiger partial charge is 0.348 e. The Morgan fingerprint density at radius 2 is 1.62 bits per heavy atom. The summed E-state index contributed by atoms with van der Waals surface area (Å²) in [6.45, 7) is 2.35. The summed E-state index contributed by atoms with van der Waals surface area (Å²) in [6, 6.07) is 25.8. The Balaban J connectivity index is 1.29. The molecular formula is C34H24O8. The van der Waals surface area contributed by atoms with Gasteiger partial charge in [-0.1, -0.05) is 42.5 Å². The van der Waals surface area contributed by atoms with Gasteiger partial charge in [0, 0.05) is 17.0 Å². The Kier molecular flexibility index (Phi) is 7.02. The molecule has 6 rings (SSSR count). The topological polar surface area (TPSA) is 101 Å². The normalized spacial score (nSPS) is 13.1. The van der Waals surface area contributed by atoms with Crippen LogP contribution in [0, 0.1) is 0 Å². The Morgan fingerprint density at radius 1 is 0.857 bits per heavy atom. The number of ketones is 1. The summed E-state index contributed by atoms with van der Waals surface area (Å²) in [6.07, 6.45) is 1.58. The van der Waals surface area contributed by atoms with Crippen LogP contribution in [0.3, 0.4) is 0 Å². The summed E-state index contributed by atoms with van der Waals surface area (Å²) in [5, 5.41) is 0.556. The first-order valence-corrected chi connectivity index (χ1v) is 13.2. The number of carbonyl (C=O) groups is 3. The van der Waals surface area contributed by atoms with E-state index in [4.69, 9.17) is 23.4 Å². The molecule has 1 aliphatic rings. The van der Waals surface area contributed by atoms with Gasteiger partial charge in [0.1, 0.15) is 34.2 Å². The molecule has 0 N–H and O–H groups in total. The van der Waals surface area contributed by atoms with E-state index in [2.05, 4.69) is 0 Å². The summed E-state index contributed by atoms with van der Waals surface area (Å²) in [5.41, 5.74) is 2.89. The van der Waals surface area contributed by atoms with Gasteiger partial charge in [-0.15, -0.1) is 0 Å². The zero-order chi connectivity index (χ0) is 29.2. The third-order valence-corrected chi connectivity index (χ3v) is 6.69. The Labute approximate surface area is 240 Å². The molecule has 0 atom stereocenters. The largest absolute Gasteiger partial charge is 0.494 e. The lowest BCUT2D eigenvalue weighted by Crippen LogP contribution is -2.09. The lowest BCUT2D eigenvalue weighted by molar-refractivity contribution is 0.0600. The van der Waals surface area contributed by atoms with Gasteiger partial charge in [-0.25, -0.2) is 9.59 Å². The summed E-state index contributed by atoms with van der Waals surface area (Å²) in [5.74, 6) is 0.151. The van der Waals surface area contributed by atoms with Gasteiger partial charge in [0.25, 0.3) is 0 Å². The minimum Gasteiger partial charge on any atom is -0.494 e. The molecule has 0 fully saturated rings. The van der Waals surface area contributed by atoms with Gasteiger partial charge >= 0.3 is 11.9 Å². The van der Waals surface area contributed by atoms with Crippen LogP contribution in [0.1, 0.15) is 43.6 Å². The van der Waals surface area contributed by atoms with Crippen LogP contribution in [0.4, 0.5) is 0 Å². The first-order valence-electron chi connectivity index (χ1n) is 13.2. The van der Waals surface area contributed by atoms with Crippen molar-refractivity contribution in [1.29, 1.82) is 0 Å². The van der Waals surface area contributed by atoms with Crippen molar-refractivity contribution in [3.05, 3.63) is 119 Å². The zero-order valence-electron chi connectivity index (χ0n) is 22.7.